The molecular weight excluding hydrogens is 310 g/mol. The number of hydrogen-bond donors (Lipinski definition) is 0. The van der Waals surface area contributed by atoms with Gasteiger partial charge >= 0.3 is 0 Å². The van der Waals surface area contributed by atoms with E-state index in [9.17, 15) is 13.6 Å². The van der Waals surface area contributed by atoms with E-state index in [1.54, 1.807) is 6.07 Å². The number of halogens is 3. The van der Waals surface area contributed by atoms with E-state index in [1.165, 1.54) is 19.4 Å². The number of carbonyl (C=O) groups excluding carboxylic acids is 1. The lowest BCUT2D eigenvalue weighted by atomic mass is 10.2. The third-order valence-electron chi connectivity index (χ3n) is 2.19. The predicted molar refractivity (Wildman–Crippen MR) is 66.5 cm³/mol. The van der Waals surface area contributed by atoms with E-state index in [-0.39, 0.29) is 18.0 Å². The lowest BCUT2D eigenvalue weighted by Crippen LogP contribution is -2.36. The van der Waals surface area contributed by atoms with Crippen LogP contribution in [0.15, 0.2) is 18.3 Å². The number of hydrogen-bond acceptors (Lipinski definition) is 3. The van der Waals surface area contributed by atoms with Gasteiger partial charge < -0.3 is 9.64 Å². The Balaban J connectivity index is 2.94. The summed E-state index contributed by atoms with van der Waals surface area (Å²) < 4.78 is 29.8. The minimum absolute atomic E-state index is 0.135. The molecule has 1 rings (SSSR count). The molecule has 0 bridgehead atoms. The maximum absolute atomic E-state index is 12.4. The zero-order valence-electron chi connectivity index (χ0n) is 9.78. The van der Waals surface area contributed by atoms with Gasteiger partial charge in [-0.3, -0.25) is 4.79 Å². The van der Waals surface area contributed by atoms with Gasteiger partial charge in [-0.1, -0.05) is 15.9 Å². The Bertz CT molecular complexity index is 404. The van der Waals surface area contributed by atoms with E-state index in [4.69, 9.17) is 4.74 Å². The van der Waals surface area contributed by atoms with Crippen LogP contribution < -0.4 is 4.74 Å². The van der Waals surface area contributed by atoms with Gasteiger partial charge in [0.1, 0.15) is 5.56 Å². The third-order valence-corrected chi connectivity index (χ3v) is 2.55. The van der Waals surface area contributed by atoms with Gasteiger partial charge in [-0.2, -0.15) is 0 Å². The van der Waals surface area contributed by atoms with Crippen molar-refractivity contribution in [2.24, 2.45) is 0 Å². The van der Waals surface area contributed by atoms with E-state index in [2.05, 4.69) is 20.9 Å². The van der Waals surface area contributed by atoms with Crippen LogP contribution in [0.1, 0.15) is 10.4 Å². The number of aromatic nitrogens is 1. The van der Waals surface area contributed by atoms with Crippen LogP contribution in [0.5, 0.6) is 5.88 Å². The molecule has 0 atom stereocenters. The number of ether oxygens (including phenoxy) is 1. The summed E-state index contributed by atoms with van der Waals surface area (Å²) in [6, 6.07) is 3.06. The number of carbonyl (C=O) groups is 1. The SMILES string of the molecule is COc1ncccc1C(=O)N(CCBr)CC(F)F. The Morgan fingerprint density at radius 2 is 2.33 bits per heavy atom. The highest BCUT2D eigenvalue weighted by atomic mass is 79.9. The fraction of sp³-hybridized carbons (Fsp3) is 0.455. The van der Waals surface area contributed by atoms with Crippen LogP contribution in [0.25, 0.3) is 0 Å². The molecule has 0 radical (unpaired) electrons. The summed E-state index contributed by atoms with van der Waals surface area (Å²) in [7, 11) is 1.38. The average Bonchev–Trinajstić information content (AvgIpc) is 2.37. The third kappa shape index (κ3) is 3.90. The van der Waals surface area contributed by atoms with Crippen molar-refractivity contribution in [3.63, 3.8) is 0 Å². The first-order valence-electron chi connectivity index (χ1n) is 5.22. The molecule has 1 aromatic heterocycles. The van der Waals surface area contributed by atoms with Gasteiger partial charge in [-0.25, -0.2) is 13.8 Å². The maximum atomic E-state index is 12.4. The van der Waals surface area contributed by atoms with E-state index in [1.807, 2.05) is 0 Å². The van der Waals surface area contributed by atoms with Gasteiger partial charge in [0.05, 0.1) is 13.7 Å². The summed E-state index contributed by atoms with van der Waals surface area (Å²) >= 11 is 3.13. The van der Waals surface area contributed by atoms with Gasteiger partial charge in [0.2, 0.25) is 5.88 Å². The molecule has 0 aromatic carbocycles. The summed E-state index contributed by atoms with van der Waals surface area (Å²) in [6.45, 7) is -0.413. The van der Waals surface area contributed by atoms with Crippen molar-refractivity contribution in [3.05, 3.63) is 23.9 Å². The van der Waals surface area contributed by atoms with Crippen molar-refractivity contribution in [2.75, 3.05) is 25.5 Å². The Labute approximate surface area is 112 Å². The van der Waals surface area contributed by atoms with E-state index < -0.39 is 18.9 Å². The average molecular weight is 323 g/mol. The van der Waals surface area contributed by atoms with Crippen LogP contribution in [-0.4, -0.2) is 47.7 Å². The molecule has 4 nitrogen and oxygen atoms in total. The highest BCUT2D eigenvalue weighted by molar-refractivity contribution is 9.09. The highest BCUT2D eigenvalue weighted by Gasteiger charge is 2.22. The van der Waals surface area contributed by atoms with Gasteiger partial charge in [0.15, 0.2) is 0 Å². The van der Waals surface area contributed by atoms with E-state index >= 15 is 0 Å². The molecule has 0 aliphatic carbocycles. The minimum atomic E-state index is -2.57. The summed E-state index contributed by atoms with van der Waals surface area (Å²) in [5.41, 5.74) is 0.182. The van der Waals surface area contributed by atoms with Crippen molar-refractivity contribution >= 4 is 21.8 Å². The fourth-order valence-electron chi connectivity index (χ4n) is 1.43. The molecule has 0 aliphatic heterocycles. The van der Waals surface area contributed by atoms with Crippen molar-refractivity contribution in [1.29, 1.82) is 0 Å². The normalized spacial score (nSPS) is 10.5. The second-order valence-corrected chi connectivity index (χ2v) is 4.18. The first kappa shape index (κ1) is 14.8. The summed E-state index contributed by atoms with van der Waals surface area (Å²) in [4.78, 5) is 17.0. The predicted octanol–water partition coefficient (Wildman–Crippen LogP) is 2.19. The molecule has 0 unspecified atom stereocenters. The van der Waals surface area contributed by atoms with Crippen molar-refractivity contribution < 1.29 is 18.3 Å². The van der Waals surface area contributed by atoms with Gasteiger partial charge in [0.25, 0.3) is 12.3 Å². The number of nitrogens with zero attached hydrogens (tertiary/aromatic N) is 2. The topological polar surface area (TPSA) is 42.4 Å². The fourth-order valence-corrected chi connectivity index (χ4v) is 1.86. The van der Waals surface area contributed by atoms with Crippen molar-refractivity contribution in [1.82, 2.24) is 9.88 Å². The van der Waals surface area contributed by atoms with E-state index in [0.717, 1.165) is 4.90 Å². The molecule has 100 valence electrons. The number of amides is 1. The zero-order valence-corrected chi connectivity index (χ0v) is 11.4. The largest absolute Gasteiger partial charge is 0.480 e. The van der Waals surface area contributed by atoms with Crippen LogP contribution in [0.2, 0.25) is 0 Å². The van der Waals surface area contributed by atoms with Crippen LogP contribution in [-0.2, 0) is 0 Å². The smallest absolute Gasteiger partial charge is 0.259 e. The van der Waals surface area contributed by atoms with Gasteiger partial charge in [-0.15, -0.1) is 0 Å². The monoisotopic (exact) mass is 322 g/mol. The standard InChI is InChI=1S/C11H13BrF2N2O2/c1-18-10-8(3-2-5-15-10)11(17)16(6-4-12)7-9(13)14/h2-3,5,9H,4,6-7H2,1H3. The molecule has 0 saturated carbocycles. The molecule has 1 heterocycles. The number of methoxy groups -OCH3 is 1. The first-order valence-corrected chi connectivity index (χ1v) is 6.34. The molecule has 0 N–H and O–H groups in total. The molecule has 1 amide bonds. The minimum Gasteiger partial charge on any atom is -0.480 e. The Morgan fingerprint density at radius 3 is 2.89 bits per heavy atom. The molecule has 0 spiro atoms. The van der Waals surface area contributed by atoms with Gasteiger partial charge in [0, 0.05) is 18.1 Å². The summed E-state index contributed by atoms with van der Waals surface area (Å²) in [5.74, 6) is -0.379. The molecule has 1 aromatic rings. The number of rotatable bonds is 6. The molecular formula is C11H13BrF2N2O2. The molecule has 7 heteroatoms. The maximum Gasteiger partial charge on any atom is 0.259 e. The molecule has 0 saturated heterocycles. The van der Waals surface area contributed by atoms with Crippen molar-refractivity contribution in [2.45, 2.75) is 6.43 Å². The quantitative estimate of drug-likeness (QED) is 0.754. The van der Waals surface area contributed by atoms with Crippen molar-refractivity contribution in [3.8, 4) is 5.88 Å². The summed E-state index contributed by atoms with van der Waals surface area (Å²) in [6.07, 6.45) is -1.10. The molecule has 18 heavy (non-hydrogen) atoms. The first-order chi connectivity index (χ1) is 8.60. The number of pyridine rings is 1. The Hall–Kier alpha value is -1.24. The van der Waals surface area contributed by atoms with Crippen LogP contribution in [0, 0.1) is 0 Å². The van der Waals surface area contributed by atoms with Gasteiger partial charge in [-0.05, 0) is 12.1 Å². The van der Waals surface area contributed by atoms with Crippen LogP contribution in [0.3, 0.4) is 0 Å². The zero-order chi connectivity index (χ0) is 13.5. The Kier molecular flexibility index (Phi) is 5.97. The van der Waals surface area contributed by atoms with Crippen LogP contribution in [0.4, 0.5) is 8.78 Å². The second-order valence-electron chi connectivity index (χ2n) is 3.39. The summed E-state index contributed by atoms with van der Waals surface area (Å²) in [5, 5.41) is 0.425. The highest BCUT2D eigenvalue weighted by Crippen LogP contribution is 2.17. The lowest BCUT2D eigenvalue weighted by Gasteiger charge is -2.21. The Morgan fingerprint density at radius 1 is 1.61 bits per heavy atom. The molecule has 0 fully saturated rings. The number of alkyl halides is 3. The molecule has 0 aliphatic rings. The second kappa shape index (κ2) is 7.25. The van der Waals surface area contributed by atoms with Crippen LogP contribution >= 0.6 is 15.9 Å². The van der Waals surface area contributed by atoms with E-state index in [0.29, 0.717) is 5.33 Å². The lowest BCUT2D eigenvalue weighted by molar-refractivity contribution is 0.0569.